The molecule has 1 fully saturated rings. The average molecular weight is 286 g/mol. The molecule has 0 aliphatic carbocycles. The zero-order chi connectivity index (χ0) is 14.9. The van der Waals surface area contributed by atoms with Crippen LogP contribution in [0, 0.1) is 6.92 Å². The van der Waals surface area contributed by atoms with Crippen LogP contribution < -0.4 is 4.90 Å². The van der Waals surface area contributed by atoms with E-state index in [2.05, 4.69) is 4.90 Å². The summed E-state index contributed by atoms with van der Waals surface area (Å²) in [5.74, 6) is 0. The molecule has 0 unspecified atom stereocenters. The second-order valence-corrected chi connectivity index (χ2v) is 5.70. The van der Waals surface area contributed by atoms with Crippen LogP contribution in [0.5, 0.6) is 0 Å². The average Bonchev–Trinajstić information content (AvgIpc) is 2.38. The number of hydrogen-bond acceptors (Lipinski definition) is 2. The van der Waals surface area contributed by atoms with Crippen LogP contribution in [0.15, 0.2) is 18.2 Å². The molecule has 0 aromatic heterocycles. The monoisotopic (exact) mass is 286 g/mol. The largest absolute Gasteiger partial charge is 0.418 e. The Balaban J connectivity index is 2.22. The molecule has 1 aromatic carbocycles. The lowest BCUT2D eigenvalue weighted by molar-refractivity contribution is -0.137. The minimum Gasteiger partial charge on any atom is -0.371 e. The number of benzene rings is 1. The molecule has 2 nitrogen and oxygen atoms in total. The Morgan fingerprint density at radius 3 is 2.25 bits per heavy atom. The van der Waals surface area contributed by atoms with Crippen molar-refractivity contribution in [2.24, 2.45) is 0 Å². The third kappa shape index (κ3) is 3.26. The standard InChI is InChI=1S/C15H21F3N2/c1-11-4-5-14(13(10-11)15(16,17)18)20-8-6-12(7-9-20)19(2)3/h4-5,10,12H,6-9H2,1-3H3. The SMILES string of the molecule is Cc1ccc(N2CCC(N(C)C)CC2)c(C(F)(F)F)c1. The first-order valence-electron chi connectivity index (χ1n) is 6.88. The molecule has 0 spiro atoms. The Morgan fingerprint density at radius 1 is 1.15 bits per heavy atom. The van der Waals surface area contributed by atoms with Crippen molar-refractivity contribution in [3.63, 3.8) is 0 Å². The van der Waals surface area contributed by atoms with Crippen LogP contribution in [0.25, 0.3) is 0 Å². The van der Waals surface area contributed by atoms with Gasteiger partial charge in [0.2, 0.25) is 0 Å². The first-order chi connectivity index (χ1) is 9.29. The van der Waals surface area contributed by atoms with Gasteiger partial charge in [0, 0.05) is 24.8 Å². The molecule has 1 aliphatic heterocycles. The van der Waals surface area contributed by atoms with E-state index in [9.17, 15) is 13.2 Å². The molecule has 0 amide bonds. The van der Waals surface area contributed by atoms with Gasteiger partial charge >= 0.3 is 6.18 Å². The van der Waals surface area contributed by atoms with Crippen molar-refractivity contribution < 1.29 is 13.2 Å². The zero-order valence-electron chi connectivity index (χ0n) is 12.2. The van der Waals surface area contributed by atoms with E-state index >= 15 is 0 Å². The summed E-state index contributed by atoms with van der Waals surface area (Å²) in [5, 5.41) is 0. The molecule has 2 rings (SSSR count). The summed E-state index contributed by atoms with van der Waals surface area (Å²) < 4.78 is 39.5. The molecule has 0 radical (unpaired) electrons. The van der Waals surface area contributed by atoms with Gasteiger partial charge in [0.05, 0.1) is 5.56 Å². The third-order valence-corrected chi connectivity index (χ3v) is 3.99. The van der Waals surface area contributed by atoms with Crippen molar-refractivity contribution in [3.05, 3.63) is 29.3 Å². The number of piperidine rings is 1. The molecule has 5 heteroatoms. The second-order valence-electron chi connectivity index (χ2n) is 5.70. The summed E-state index contributed by atoms with van der Waals surface area (Å²) in [4.78, 5) is 4.01. The van der Waals surface area contributed by atoms with Crippen LogP contribution in [-0.4, -0.2) is 38.1 Å². The molecule has 112 valence electrons. The van der Waals surface area contributed by atoms with E-state index in [1.165, 1.54) is 6.07 Å². The van der Waals surface area contributed by atoms with Crippen LogP contribution >= 0.6 is 0 Å². The number of halogens is 3. The lowest BCUT2D eigenvalue weighted by Gasteiger charge is -2.37. The van der Waals surface area contributed by atoms with E-state index < -0.39 is 11.7 Å². The molecule has 0 N–H and O–H groups in total. The van der Waals surface area contributed by atoms with Crippen LogP contribution in [0.4, 0.5) is 18.9 Å². The van der Waals surface area contributed by atoms with Gasteiger partial charge in [0.1, 0.15) is 0 Å². The van der Waals surface area contributed by atoms with E-state index in [-0.39, 0.29) is 0 Å². The van der Waals surface area contributed by atoms with Gasteiger partial charge in [0.15, 0.2) is 0 Å². The maximum absolute atomic E-state index is 13.2. The molecule has 0 saturated carbocycles. The molecule has 20 heavy (non-hydrogen) atoms. The van der Waals surface area contributed by atoms with Gasteiger partial charge in [0.25, 0.3) is 0 Å². The van der Waals surface area contributed by atoms with Crippen LogP contribution in [0.2, 0.25) is 0 Å². The lowest BCUT2D eigenvalue weighted by atomic mass is 10.0. The van der Waals surface area contributed by atoms with Crippen molar-refractivity contribution in [1.82, 2.24) is 4.90 Å². The fourth-order valence-corrected chi connectivity index (χ4v) is 2.78. The topological polar surface area (TPSA) is 6.48 Å². The Kier molecular flexibility index (Phi) is 4.28. The van der Waals surface area contributed by atoms with Gasteiger partial charge in [-0.05, 0) is 46.0 Å². The van der Waals surface area contributed by atoms with Gasteiger partial charge in [-0.2, -0.15) is 13.2 Å². The first-order valence-corrected chi connectivity index (χ1v) is 6.88. The smallest absolute Gasteiger partial charge is 0.371 e. The summed E-state index contributed by atoms with van der Waals surface area (Å²) in [5.41, 5.74) is 0.449. The highest BCUT2D eigenvalue weighted by Crippen LogP contribution is 2.38. The molecule has 1 saturated heterocycles. The number of hydrogen-bond donors (Lipinski definition) is 0. The third-order valence-electron chi connectivity index (χ3n) is 3.99. The van der Waals surface area contributed by atoms with E-state index in [1.807, 2.05) is 19.0 Å². The van der Waals surface area contributed by atoms with Gasteiger partial charge in [-0.1, -0.05) is 11.6 Å². The van der Waals surface area contributed by atoms with Gasteiger partial charge in [-0.25, -0.2) is 0 Å². The van der Waals surface area contributed by atoms with Crippen molar-refractivity contribution in [3.8, 4) is 0 Å². The maximum Gasteiger partial charge on any atom is 0.418 e. The summed E-state index contributed by atoms with van der Waals surface area (Å²) in [6.07, 6.45) is -2.49. The fraction of sp³-hybridized carbons (Fsp3) is 0.600. The number of anilines is 1. The minimum atomic E-state index is -4.29. The predicted molar refractivity (Wildman–Crippen MR) is 75.1 cm³/mol. The number of aryl methyl sites for hydroxylation is 1. The highest BCUT2D eigenvalue weighted by Gasteiger charge is 2.35. The highest BCUT2D eigenvalue weighted by atomic mass is 19.4. The Hall–Kier alpha value is -1.23. The number of rotatable bonds is 2. The molecule has 1 heterocycles. The molecular formula is C15H21F3N2. The van der Waals surface area contributed by atoms with Gasteiger partial charge < -0.3 is 9.80 Å². The predicted octanol–water partition coefficient (Wildman–Crippen LogP) is 3.54. The summed E-state index contributed by atoms with van der Waals surface area (Å²) >= 11 is 0. The van der Waals surface area contributed by atoms with E-state index in [1.54, 1.807) is 19.1 Å². The van der Waals surface area contributed by atoms with Crippen LogP contribution in [-0.2, 0) is 6.18 Å². The second kappa shape index (κ2) is 5.64. The van der Waals surface area contributed by atoms with Crippen LogP contribution in [0.1, 0.15) is 24.0 Å². The highest BCUT2D eigenvalue weighted by molar-refractivity contribution is 5.56. The summed E-state index contributed by atoms with van der Waals surface area (Å²) in [6, 6.07) is 5.07. The molecule has 0 bridgehead atoms. The van der Waals surface area contributed by atoms with Gasteiger partial charge in [-0.3, -0.25) is 0 Å². The van der Waals surface area contributed by atoms with E-state index in [4.69, 9.17) is 0 Å². The quantitative estimate of drug-likeness (QED) is 0.820. The van der Waals surface area contributed by atoms with Crippen molar-refractivity contribution in [2.75, 3.05) is 32.1 Å². The van der Waals surface area contributed by atoms with E-state index in [0.717, 1.165) is 12.8 Å². The summed E-state index contributed by atoms with van der Waals surface area (Å²) in [6.45, 7) is 3.04. The zero-order valence-corrected chi connectivity index (χ0v) is 12.2. The van der Waals surface area contributed by atoms with Crippen molar-refractivity contribution in [2.45, 2.75) is 32.0 Å². The lowest BCUT2D eigenvalue weighted by Crippen LogP contribution is -2.42. The van der Waals surface area contributed by atoms with Crippen LogP contribution in [0.3, 0.4) is 0 Å². The Labute approximate surface area is 118 Å². The normalized spacial score (nSPS) is 17.9. The Bertz CT molecular complexity index is 461. The summed E-state index contributed by atoms with van der Waals surface area (Å²) in [7, 11) is 4.04. The molecule has 0 atom stereocenters. The number of alkyl halides is 3. The van der Waals surface area contributed by atoms with Crippen molar-refractivity contribution >= 4 is 5.69 Å². The molecular weight excluding hydrogens is 265 g/mol. The molecule has 1 aromatic rings. The first kappa shape index (κ1) is 15.2. The van der Waals surface area contributed by atoms with E-state index in [0.29, 0.717) is 30.4 Å². The number of nitrogens with zero attached hydrogens (tertiary/aromatic N) is 2. The van der Waals surface area contributed by atoms with Crippen molar-refractivity contribution in [1.29, 1.82) is 0 Å². The Morgan fingerprint density at radius 2 is 1.75 bits per heavy atom. The molecule has 1 aliphatic rings. The van der Waals surface area contributed by atoms with Gasteiger partial charge in [-0.15, -0.1) is 0 Å². The minimum absolute atomic E-state index is 0.320. The fourth-order valence-electron chi connectivity index (χ4n) is 2.78. The maximum atomic E-state index is 13.2.